The van der Waals surface area contributed by atoms with Gasteiger partial charge in [0.15, 0.2) is 0 Å². The van der Waals surface area contributed by atoms with E-state index in [4.69, 9.17) is 0 Å². The molecule has 288 valence electrons. The summed E-state index contributed by atoms with van der Waals surface area (Å²) in [5.41, 5.74) is 0. The fraction of sp³-hybridized carbons (Fsp3) is 0.844. The summed E-state index contributed by atoms with van der Waals surface area (Å²) in [6, 6.07) is -0.639. The van der Waals surface area contributed by atoms with Gasteiger partial charge in [-0.1, -0.05) is 198 Å². The first-order valence-corrected chi connectivity index (χ1v) is 21.7. The Morgan fingerprint density at radius 3 is 1.18 bits per heavy atom. The van der Waals surface area contributed by atoms with Crippen molar-refractivity contribution in [2.24, 2.45) is 0 Å². The van der Waals surface area contributed by atoms with E-state index in [1.165, 1.54) is 173 Å². The first-order valence-electron chi connectivity index (χ1n) is 21.7. The predicted molar refractivity (Wildman–Crippen MR) is 216 cm³/mol. The smallest absolute Gasteiger partial charge is 0.220 e. The molecule has 4 nitrogen and oxygen atoms in total. The van der Waals surface area contributed by atoms with Crippen molar-refractivity contribution in [2.45, 2.75) is 238 Å². The topological polar surface area (TPSA) is 69.6 Å². The van der Waals surface area contributed by atoms with Gasteiger partial charge in [-0.05, 0) is 57.8 Å². The van der Waals surface area contributed by atoms with E-state index in [0.29, 0.717) is 6.42 Å². The minimum absolute atomic E-state index is 0.0779. The molecule has 0 aliphatic rings. The Morgan fingerprint density at radius 1 is 0.469 bits per heavy atom. The number of carbonyl (C=O) groups is 1. The lowest BCUT2D eigenvalue weighted by atomic mass is 10.0. The number of hydrogen-bond acceptors (Lipinski definition) is 3. The minimum Gasteiger partial charge on any atom is -0.394 e. The van der Waals surface area contributed by atoms with Crippen LogP contribution in [-0.4, -0.2) is 34.9 Å². The monoisotopic (exact) mass is 688 g/mol. The second kappa shape index (κ2) is 41.0. The largest absolute Gasteiger partial charge is 0.394 e. The lowest BCUT2D eigenvalue weighted by Gasteiger charge is -2.19. The maximum Gasteiger partial charge on any atom is 0.220 e. The first-order chi connectivity index (χ1) is 24.2. The highest BCUT2D eigenvalue weighted by molar-refractivity contribution is 5.76. The number of aliphatic hydroxyl groups is 2. The lowest BCUT2D eigenvalue weighted by molar-refractivity contribution is -0.123. The quantitative estimate of drug-likeness (QED) is 0.0445. The van der Waals surface area contributed by atoms with Crippen LogP contribution in [0, 0.1) is 0 Å². The Hall–Kier alpha value is -1.39. The molecule has 2 atom stereocenters. The summed E-state index contributed by atoms with van der Waals surface area (Å²) in [5, 5.41) is 23.0. The van der Waals surface area contributed by atoms with E-state index in [1.807, 2.05) is 6.08 Å². The van der Waals surface area contributed by atoms with Gasteiger partial charge in [0, 0.05) is 6.42 Å². The van der Waals surface area contributed by atoms with Crippen LogP contribution < -0.4 is 5.32 Å². The molecule has 0 rings (SSSR count). The number of aliphatic hydroxyl groups excluding tert-OH is 2. The molecule has 0 radical (unpaired) electrons. The van der Waals surface area contributed by atoms with Crippen molar-refractivity contribution < 1.29 is 15.0 Å². The highest BCUT2D eigenvalue weighted by Crippen LogP contribution is 2.14. The van der Waals surface area contributed by atoms with Gasteiger partial charge in [0.1, 0.15) is 0 Å². The molecule has 0 fully saturated rings. The normalized spacial score (nSPS) is 13.3. The van der Waals surface area contributed by atoms with Gasteiger partial charge in [0.2, 0.25) is 5.91 Å². The van der Waals surface area contributed by atoms with Crippen molar-refractivity contribution in [1.82, 2.24) is 5.32 Å². The maximum atomic E-state index is 12.4. The highest BCUT2D eigenvalue weighted by atomic mass is 16.3. The second-order valence-corrected chi connectivity index (χ2v) is 14.8. The Labute approximate surface area is 306 Å². The van der Waals surface area contributed by atoms with Crippen LogP contribution in [-0.2, 0) is 4.79 Å². The Kier molecular flexibility index (Phi) is 39.9. The summed E-state index contributed by atoms with van der Waals surface area (Å²) in [4.78, 5) is 12.4. The summed E-state index contributed by atoms with van der Waals surface area (Å²) < 4.78 is 0. The Morgan fingerprint density at radius 2 is 0.796 bits per heavy atom. The molecule has 0 aromatic carbocycles. The summed E-state index contributed by atoms with van der Waals surface area (Å²) >= 11 is 0. The van der Waals surface area contributed by atoms with Crippen molar-refractivity contribution in [3.63, 3.8) is 0 Å². The molecule has 0 bridgehead atoms. The molecule has 2 unspecified atom stereocenters. The number of amides is 1. The lowest BCUT2D eigenvalue weighted by Crippen LogP contribution is -2.45. The van der Waals surface area contributed by atoms with E-state index in [1.54, 1.807) is 6.08 Å². The van der Waals surface area contributed by atoms with Gasteiger partial charge >= 0.3 is 0 Å². The molecule has 4 heteroatoms. The van der Waals surface area contributed by atoms with Crippen molar-refractivity contribution in [3.05, 3.63) is 36.5 Å². The van der Waals surface area contributed by atoms with Crippen LogP contribution in [0.4, 0.5) is 0 Å². The molecule has 0 spiro atoms. The highest BCUT2D eigenvalue weighted by Gasteiger charge is 2.17. The van der Waals surface area contributed by atoms with Gasteiger partial charge in [-0.15, -0.1) is 0 Å². The van der Waals surface area contributed by atoms with E-state index < -0.39 is 12.1 Å². The molecule has 3 N–H and O–H groups in total. The third kappa shape index (κ3) is 37.7. The van der Waals surface area contributed by atoms with Gasteiger partial charge in [-0.2, -0.15) is 0 Å². The number of hydrogen-bond donors (Lipinski definition) is 3. The zero-order valence-corrected chi connectivity index (χ0v) is 33.0. The molecule has 0 saturated heterocycles. The fourth-order valence-electron chi connectivity index (χ4n) is 6.48. The summed E-state index contributed by atoms with van der Waals surface area (Å²) in [6.45, 7) is 4.30. The van der Waals surface area contributed by atoms with Crippen LogP contribution in [0.2, 0.25) is 0 Å². The molecule has 49 heavy (non-hydrogen) atoms. The standard InChI is InChI=1S/C45H85NO3/c1-3-5-7-9-11-13-15-17-19-21-23-24-26-28-30-32-34-36-38-40-44(48)43(42-47)46-45(49)41-39-37-35-33-31-29-27-25-22-20-18-16-14-12-10-8-6-4-2/h20,22,30,32,38,40,43-44,47-48H,3-19,21,23-29,31,33-37,39,41-42H2,1-2H3,(H,46,49)/b22-20-,32-30+,40-38+. The summed E-state index contributed by atoms with van der Waals surface area (Å²) in [6.07, 6.45) is 53.9. The number of unbranched alkanes of at least 4 members (excludes halogenated alkanes) is 28. The zero-order valence-electron chi connectivity index (χ0n) is 33.0. The van der Waals surface area contributed by atoms with E-state index in [-0.39, 0.29) is 12.5 Å². The Bertz CT molecular complexity index is 746. The van der Waals surface area contributed by atoms with Gasteiger partial charge in [-0.25, -0.2) is 0 Å². The van der Waals surface area contributed by atoms with E-state index in [9.17, 15) is 15.0 Å². The molecule has 0 aliphatic heterocycles. The van der Waals surface area contributed by atoms with E-state index in [2.05, 4.69) is 43.5 Å². The van der Waals surface area contributed by atoms with Crippen LogP contribution in [0.15, 0.2) is 36.5 Å². The minimum atomic E-state index is -0.862. The molecule has 0 aromatic heterocycles. The van der Waals surface area contributed by atoms with Crippen LogP contribution in [0.3, 0.4) is 0 Å². The van der Waals surface area contributed by atoms with E-state index in [0.717, 1.165) is 32.1 Å². The molecule has 0 saturated carbocycles. The first kappa shape index (κ1) is 47.6. The van der Waals surface area contributed by atoms with Crippen LogP contribution >= 0.6 is 0 Å². The molecule has 0 aromatic rings. The van der Waals surface area contributed by atoms with Gasteiger partial charge in [0.25, 0.3) is 0 Å². The number of carbonyl (C=O) groups excluding carboxylic acids is 1. The van der Waals surface area contributed by atoms with E-state index >= 15 is 0 Å². The summed E-state index contributed by atoms with van der Waals surface area (Å²) in [7, 11) is 0. The van der Waals surface area contributed by atoms with Crippen molar-refractivity contribution >= 4 is 5.91 Å². The van der Waals surface area contributed by atoms with Gasteiger partial charge in [0.05, 0.1) is 18.8 Å². The molecule has 1 amide bonds. The SMILES string of the molecule is CCCCCCCCC/C=C\CCCCCCCCCC(=O)NC(CO)C(O)/C=C/CC/C=C/CCCCCCCCCCCCCCC. The van der Waals surface area contributed by atoms with Crippen LogP contribution in [0.1, 0.15) is 226 Å². The van der Waals surface area contributed by atoms with Crippen LogP contribution in [0.5, 0.6) is 0 Å². The predicted octanol–water partition coefficient (Wildman–Crippen LogP) is 13.4. The summed E-state index contributed by atoms with van der Waals surface area (Å²) in [5.74, 6) is -0.0779. The second-order valence-electron chi connectivity index (χ2n) is 14.8. The third-order valence-corrected chi connectivity index (χ3v) is 9.85. The molecule has 0 aliphatic carbocycles. The average molecular weight is 688 g/mol. The third-order valence-electron chi connectivity index (χ3n) is 9.85. The molecular weight excluding hydrogens is 602 g/mol. The van der Waals surface area contributed by atoms with Crippen molar-refractivity contribution in [1.29, 1.82) is 0 Å². The molecule has 0 heterocycles. The van der Waals surface area contributed by atoms with Crippen molar-refractivity contribution in [3.8, 4) is 0 Å². The Balaban J connectivity index is 3.62. The average Bonchev–Trinajstić information content (AvgIpc) is 3.10. The van der Waals surface area contributed by atoms with Gasteiger partial charge in [-0.3, -0.25) is 4.79 Å². The van der Waals surface area contributed by atoms with Gasteiger partial charge < -0.3 is 15.5 Å². The molecular formula is C45H85NO3. The number of nitrogens with one attached hydrogen (secondary N) is 1. The van der Waals surface area contributed by atoms with Crippen molar-refractivity contribution in [2.75, 3.05) is 6.61 Å². The zero-order chi connectivity index (χ0) is 35.7. The fourth-order valence-corrected chi connectivity index (χ4v) is 6.48. The maximum absolute atomic E-state index is 12.4. The van der Waals surface area contributed by atoms with Crippen LogP contribution in [0.25, 0.3) is 0 Å². The number of rotatable bonds is 39. The number of allylic oxidation sites excluding steroid dienone is 5.